The van der Waals surface area contributed by atoms with Crippen LogP contribution >= 0.6 is 11.8 Å². The van der Waals surface area contributed by atoms with Crippen molar-refractivity contribution in [3.05, 3.63) is 29.8 Å². The minimum atomic E-state index is 0.120. The number of benzene rings is 1. The van der Waals surface area contributed by atoms with Gasteiger partial charge in [-0.2, -0.15) is 11.8 Å². The van der Waals surface area contributed by atoms with Crippen LogP contribution in [0.1, 0.15) is 24.8 Å². The monoisotopic (exact) mass is 374 g/mol. The number of likely N-dealkylation sites (tertiary alicyclic amines) is 1. The molecule has 3 aliphatic rings. The summed E-state index contributed by atoms with van der Waals surface area (Å²) in [4.78, 5) is 17.5. The summed E-state index contributed by atoms with van der Waals surface area (Å²) in [5, 5.41) is 0. The maximum Gasteiger partial charge on any atom is 0.246 e. The molecule has 26 heavy (non-hydrogen) atoms. The smallest absolute Gasteiger partial charge is 0.246 e. The molecule has 1 unspecified atom stereocenters. The van der Waals surface area contributed by atoms with Gasteiger partial charge in [0.25, 0.3) is 0 Å². The maximum atomic E-state index is 12.9. The van der Waals surface area contributed by atoms with Crippen LogP contribution in [0.2, 0.25) is 0 Å². The Kier molecular flexibility index (Phi) is 5.70. The van der Waals surface area contributed by atoms with Crippen molar-refractivity contribution < 1.29 is 14.3 Å². The molecule has 4 rings (SSSR count). The number of rotatable bonds is 4. The van der Waals surface area contributed by atoms with Crippen LogP contribution in [0.15, 0.2) is 24.3 Å². The summed E-state index contributed by atoms with van der Waals surface area (Å²) >= 11 is 1.98. The molecule has 0 saturated carbocycles. The lowest BCUT2D eigenvalue weighted by Crippen LogP contribution is -2.47. The molecule has 0 N–H and O–H groups in total. The zero-order chi connectivity index (χ0) is 17.8. The van der Waals surface area contributed by atoms with Gasteiger partial charge in [-0.05, 0) is 61.9 Å². The first kappa shape index (κ1) is 17.7. The van der Waals surface area contributed by atoms with Crippen molar-refractivity contribution in [2.75, 3.05) is 44.5 Å². The van der Waals surface area contributed by atoms with E-state index in [0.717, 1.165) is 48.1 Å². The Morgan fingerprint density at radius 1 is 1.15 bits per heavy atom. The average molecular weight is 375 g/mol. The number of hydrogen-bond acceptors (Lipinski definition) is 5. The van der Waals surface area contributed by atoms with E-state index < -0.39 is 0 Å². The highest BCUT2D eigenvalue weighted by molar-refractivity contribution is 7.99. The van der Waals surface area contributed by atoms with Gasteiger partial charge in [0.1, 0.15) is 0 Å². The van der Waals surface area contributed by atoms with E-state index in [-0.39, 0.29) is 12.7 Å². The number of hydrogen-bond donors (Lipinski definition) is 0. The molecule has 0 aliphatic carbocycles. The third-order valence-electron chi connectivity index (χ3n) is 5.20. The number of carbonyl (C=O) groups is 1. The molecule has 2 saturated heterocycles. The van der Waals surface area contributed by atoms with Crippen molar-refractivity contribution in [1.82, 2.24) is 9.80 Å². The van der Waals surface area contributed by atoms with Crippen molar-refractivity contribution in [3.63, 3.8) is 0 Å². The molecule has 6 heteroatoms. The van der Waals surface area contributed by atoms with Gasteiger partial charge >= 0.3 is 0 Å². The fourth-order valence-electron chi connectivity index (χ4n) is 3.81. The fourth-order valence-corrected chi connectivity index (χ4v) is 4.87. The third kappa shape index (κ3) is 4.18. The largest absolute Gasteiger partial charge is 0.454 e. The summed E-state index contributed by atoms with van der Waals surface area (Å²) in [6, 6.07) is 6.09. The Hall–Kier alpha value is -1.66. The molecule has 0 aromatic heterocycles. The van der Waals surface area contributed by atoms with Crippen molar-refractivity contribution in [2.24, 2.45) is 0 Å². The minimum absolute atomic E-state index is 0.120. The first-order valence-electron chi connectivity index (χ1n) is 9.48. The number of amides is 1. The van der Waals surface area contributed by atoms with Crippen LogP contribution in [0.25, 0.3) is 6.08 Å². The Balaban J connectivity index is 1.43. The van der Waals surface area contributed by atoms with E-state index in [1.807, 2.05) is 36.0 Å². The lowest BCUT2D eigenvalue weighted by molar-refractivity contribution is -0.128. The Bertz CT molecular complexity index is 673. The molecule has 5 nitrogen and oxygen atoms in total. The molecule has 0 spiro atoms. The van der Waals surface area contributed by atoms with E-state index in [0.29, 0.717) is 6.04 Å². The number of ether oxygens (including phenoxy) is 2. The molecule has 1 atom stereocenters. The zero-order valence-corrected chi connectivity index (χ0v) is 15.9. The molecule has 1 aromatic rings. The second kappa shape index (κ2) is 8.35. The predicted octanol–water partition coefficient (Wildman–Crippen LogP) is 2.86. The second-order valence-electron chi connectivity index (χ2n) is 7.07. The zero-order valence-electron chi connectivity index (χ0n) is 15.1. The lowest BCUT2D eigenvalue weighted by atomic mass is 10.1. The van der Waals surface area contributed by atoms with Crippen LogP contribution in [-0.2, 0) is 4.79 Å². The summed E-state index contributed by atoms with van der Waals surface area (Å²) in [5.41, 5.74) is 0.961. The molecule has 2 fully saturated rings. The van der Waals surface area contributed by atoms with Crippen LogP contribution in [0.4, 0.5) is 0 Å². The first-order chi connectivity index (χ1) is 12.8. The van der Waals surface area contributed by atoms with Gasteiger partial charge in [-0.25, -0.2) is 0 Å². The van der Waals surface area contributed by atoms with E-state index in [4.69, 9.17) is 9.47 Å². The maximum absolute atomic E-state index is 12.9. The molecule has 1 amide bonds. The molecule has 3 heterocycles. The summed E-state index contributed by atoms with van der Waals surface area (Å²) in [7, 11) is 0. The highest BCUT2D eigenvalue weighted by atomic mass is 32.2. The predicted molar refractivity (Wildman–Crippen MR) is 105 cm³/mol. The molecule has 1 aromatic carbocycles. The molecule has 0 radical (unpaired) electrons. The quantitative estimate of drug-likeness (QED) is 0.758. The van der Waals surface area contributed by atoms with Crippen molar-refractivity contribution in [1.29, 1.82) is 0 Å². The summed E-state index contributed by atoms with van der Waals surface area (Å²) in [5.74, 6) is 3.82. The third-order valence-corrected chi connectivity index (χ3v) is 6.40. The van der Waals surface area contributed by atoms with Crippen molar-refractivity contribution in [3.8, 4) is 11.5 Å². The Morgan fingerprint density at radius 2 is 2.00 bits per heavy atom. The van der Waals surface area contributed by atoms with Gasteiger partial charge < -0.3 is 19.3 Å². The summed E-state index contributed by atoms with van der Waals surface area (Å²) in [6.45, 7) is 4.49. The van der Waals surface area contributed by atoms with Crippen molar-refractivity contribution in [2.45, 2.75) is 25.3 Å². The van der Waals surface area contributed by atoms with Gasteiger partial charge in [0.15, 0.2) is 11.5 Å². The minimum Gasteiger partial charge on any atom is -0.454 e. The fraction of sp³-hybridized carbons (Fsp3) is 0.550. The number of nitrogens with zero attached hydrogens (tertiary/aromatic N) is 2. The SMILES string of the molecule is O=C(/C=C/c1ccc2c(c1)OCO2)N1CCCSCC1CN1CCCC1. The van der Waals surface area contributed by atoms with Gasteiger partial charge in [-0.15, -0.1) is 0 Å². The van der Waals surface area contributed by atoms with Crippen LogP contribution in [0.3, 0.4) is 0 Å². The van der Waals surface area contributed by atoms with Crippen LogP contribution in [0, 0.1) is 0 Å². The van der Waals surface area contributed by atoms with E-state index >= 15 is 0 Å². The van der Waals surface area contributed by atoms with E-state index in [1.165, 1.54) is 25.9 Å². The average Bonchev–Trinajstić information content (AvgIpc) is 3.27. The molecular weight excluding hydrogens is 348 g/mol. The molecule has 3 aliphatic heterocycles. The van der Waals surface area contributed by atoms with E-state index in [9.17, 15) is 4.79 Å². The molecule has 140 valence electrons. The first-order valence-corrected chi connectivity index (χ1v) is 10.6. The standard InChI is InChI=1S/C20H26N2O3S/c23-20(7-5-16-4-6-18-19(12-16)25-15-24-18)22-10-3-11-26-14-17(22)13-21-8-1-2-9-21/h4-7,12,17H,1-3,8-11,13-15H2/b7-5+. The second-order valence-corrected chi connectivity index (χ2v) is 8.22. The van der Waals surface area contributed by atoms with Gasteiger partial charge in [-0.1, -0.05) is 6.07 Å². The van der Waals surface area contributed by atoms with Gasteiger partial charge in [0.2, 0.25) is 12.7 Å². The van der Waals surface area contributed by atoms with Crippen LogP contribution in [-0.4, -0.2) is 66.2 Å². The summed E-state index contributed by atoms with van der Waals surface area (Å²) in [6.07, 6.45) is 7.25. The van der Waals surface area contributed by atoms with Gasteiger partial charge in [0.05, 0.1) is 6.04 Å². The highest BCUT2D eigenvalue weighted by Gasteiger charge is 2.27. The number of thioether (sulfide) groups is 1. The lowest BCUT2D eigenvalue weighted by Gasteiger charge is -2.32. The van der Waals surface area contributed by atoms with Crippen LogP contribution < -0.4 is 9.47 Å². The molecule has 0 bridgehead atoms. The van der Waals surface area contributed by atoms with E-state index in [2.05, 4.69) is 9.80 Å². The van der Waals surface area contributed by atoms with Crippen molar-refractivity contribution >= 4 is 23.7 Å². The molecular formula is C20H26N2O3S. The van der Waals surface area contributed by atoms with Crippen LogP contribution in [0.5, 0.6) is 11.5 Å². The highest BCUT2D eigenvalue weighted by Crippen LogP contribution is 2.32. The van der Waals surface area contributed by atoms with Gasteiger partial charge in [0, 0.05) is 24.9 Å². The summed E-state index contributed by atoms with van der Waals surface area (Å²) < 4.78 is 10.7. The Labute approximate surface area is 159 Å². The number of carbonyl (C=O) groups excluding carboxylic acids is 1. The normalized spacial score (nSPS) is 23.5. The van der Waals surface area contributed by atoms with Gasteiger partial charge in [-0.3, -0.25) is 4.79 Å². The topological polar surface area (TPSA) is 42.0 Å². The number of fused-ring (bicyclic) bond motifs is 1. The Morgan fingerprint density at radius 3 is 2.88 bits per heavy atom. The van der Waals surface area contributed by atoms with E-state index in [1.54, 1.807) is 6.08 Å².